The van der Waals surface area contributed by atoms with Gasteiger partial charge in [0.15, 0.2) is 0 Å². The van der Waals surface area contributed by atoms with Gasteiger partial charge in [0, 0.05) is 30.9 Å². The molecule has 2 heterocycles. The Balaban J connectivity index is 2.10. The van der Waals surface area contributed by atoms with Gasteiger partial charge in [-0.05, 0) is 25.1 Å². The zero-order valence-corrected chi connectivity index (χ0v) is 10.1. The maximum atomic E-state index is 5.20. The lowest BCUT2D eigenvalue weighted by Gasteiger charge is -1.97. The van der Waals surface area contributed by atoms with Crippen LogP contribution < -0.4 is 5.32 Å². The number of likely N-dealkylation sites (N-methyl/N-ethyl adjacent to an activating group) is 1. The van der Waals surface area contributed by atoms with E-state index in [9.17, 15) is 0 Å². The predicted molar refractivity (Wildman–Crippen MR) is 64.5 cm³/mol. The first-order valence-corrected chi connectivity index (χ1v) is 5.75. The van der Waals surface area contributed by atoms with Crippen molar-refractivity contribution in [3.63, 3.8) is 0 Å². The van der Waals surface area contributed by atoms with E-state index < -0.39 is 0 Å². The smallest absolute Gasteiger partial charge is 0.228 e. The van der Waals surface area contributed by atoms with Crippen molar-refractivity contribution in [3.8, 4) is 11.4 Å². The van der Waals surface area contributed by atoms with E-state index in [1.54, 1.807) is 12.4 Å². The van der Waals surface area contributed by atoms with Crippen molar-refractivity contribution >= 4 is 0 Å². The molecule has 0 aliphatic carbocycles. The molecule has 0 saturated carbocycles. The maximum Gasteiger partial charge on any atom is 0.228 e. The first kappa shape index (κ1) is 11.7. The molecule has 0 fully saturated rings. The van der Waals surface area contributed by atoms with Crippen molar-refractivity contribution in [3.05, 3.63) is 29.9 Å². The second-order valence-electron chi connectivity index (χ2n) is 3.81. The highest BCUT2D eigenvalue weighted by Gasteiger charge is 2.09. The molecule has 17 heavy (non-hydrogen) atoms. The quantitative estimate of drug-likeness (QED) is 0.793. The molecule has 0 amide bonds. The van der Waals surface area contributed by atoms with Gasteiger partial charge < -0.3 is 9.84 Å². The van der Waals surface area contributed by atoms with E-state index in [0.717, 1.165) is 30.6 Å². The molecule has 0 aliphatic rings. The molecule has 2 rings (SSSR count). The molecule has 0 unspecified atom stereocenters. The van der Waals surface area contributed by atoms with E-state index in [4.69, 9.17) is 4.52 Å². The lowest BCUT2D eigenvalue weighted by Crippen LogP contribution is -2.16. The third-order valence-corrected chi connectivity index (χ3v) is 2.49. The van der Waals surface area contributed by atoms with Crippen LogP contribution in [0, 0.1) is 6.92 Å². The van der Waals surface area contributed by atoms with Gasteiger partial charge in [0.2, 0.25) is 11.7 Å². The van der Waals surface area contributed by atoms with Crippen LogP contribution in [-0.4, -0.2) is 28.2 Å². The molecule has 0 saturated heterocycles. The summed E-state index contributed by atoms with van der Waals surface area (Å²) in [7, 11) is 0. The van der Waals surface area contributed by atoms with Gasteiger partial charge in [-0.2, -0.15) is 4.98 Å². The van der Waals surface area contributed by atoms with E-state index >= 15 is 0 Å². The van der Waals surface area contributed by atoms with Crippen LogP contribution in [0.4, 0.5) is 0 Å². The number of nitrogens with one attached hydrogen (secondary N) is 1. The van der Waals surface area contributed by atoms with Crippen molar-refractivity contribution in [2.45, 2.75) is 20.3 Å². The molecule has 0 aliphatic heterocycles. The SMILES string of the molecule is CCNCCc1nc(-c2ccncc2C)no1. The Morgan fingerprint density at radius 1 is 1.41 bits per heavy atom. The molecular formula is C12H16N4O. The van der Waals surface area contributed by atoms with Gasteiger partial charge >= 0.3 is 0 Å². The van der Waals surface area contributed by atoms with Crippen LogP contribution in [0.15, 0.2) is 23.0 Å². The van der Waals surface area contributed by atoms with Crippen molar-refractivity contribution in [1.82, 2.24) is 20.4 Å². The number of aryl methyl sites for hydroxylation is 1. The average molecular weight is 232 g/mol. The highest BCUT2D eigenvalue weighted by molar-refractivity contribution is 5.57. The van der Waals surface area contributed by atoms with Crippen LogP contribution in [0.3, 0.4) is 0 Å². The molecule has 0 atom stereocenters. The molecule has 90 valence electrons. The van der Waals surface area contributed by atoms with Gasteiger partial charge in [0.25, 0.3) is 0 Å². The highest BCUT2D eigenvalue weighted by atomic mass is 16.5. The summed E-state index contributed by atoms with van der Waals surface area (Å²) in [6.45, 7) is 5.86. The zero-order valence-electron chi connectivity index (χ0n) is 10.1. The Kier molecular flexibility index (Phi) is 3.82. The fourth-order valence-electron chi connectivity index (χ4n) is 1.56. The number of rotatable bonds is 5. The fraction of sp³-hybridized carbons (Fsp3) is 0.417. The fourth-order valence-corrected chi connectivity index (χ4v) is 1.56. The van der Waals surface area contributed by atoms with E-state index in [0.29, 0.717) is 11.7 Å². The molecular weight excluding hydrogens is 216 g/mol. The first-order chi connectivity index (χ1) is 8.31. The Bertz CT molecular complexity index is 481. The van der Waals surface area contributed by atoms with Crippen LogP contribution in [0.25, 0.3) is 11.4 Å². The van der Waals surface area contributed by atoms with Crippen molar-refractivity contribution in [2.24, 2.45) is 0 Å². The molecule has 0 radical (unpaired) electrons. The second-order valence-corrected chi connectivity index (χ2v) is 3.81. The summed E-state index contributed by atoms with van der Waals surface area (Å²) in [5.41, 5.74) is 2.02. The molecule has 5 heteroatoms. The highest BCUT2D eigenvalue weighted by Crippen LogP contribution is 2.18. The Morgan fingerprint density at radius 3 is 3.06 bits per heavy atom. The van der Waals surface area contributed by atoms with Gasteiger partial charge in [0.05, 0.1) is 0 Å². The monoisotopic (exact) mass is 232 g/mol. The van der Waals surface area contributed by atoms with E-state index in [1.165, 1.54) is 0 Å². The van der Waals surface area contributed by atoms with Crippen LogP contribution >= 0.6 is 0 Å². The van der Waals surface area contributed by atoms with Gasteiger partial charge in [-0.3, -0.25) is 4.98 Å². The first-order valence-electron chi connectivity index (χ1n) is 5.75. The lowest BCUT2D eigenvalue weighted by atomic mass is 10.1. The van der Waals surface area contributed by atoms with Crippen LogP contribution in [0.1, 0.15) is 18.4 Å². The number of hydrogen-bond acceptors (Lipinski definition) is 5. The molecule has 0 bridgehead atoms. The largest absolute Gasteiger partial charge is 0.339 e. The van der Waals surface area contributed by atoms with E-state index in [1.807, 2.05) is 13.0 Å². The van der Waals surface area contributed by atoms with Gasteiger partial charge in [-0.15, -0.1) is 0 Å². The standard InChI is InChI=1S/C12H16N4O/c1-3-13-7-5-11-15-12(16-17-11)10-4-6-14-8-9(10)2/h4,6,8,13H,3,5,7H2,1-2H3. The average Bonchev–Trinajstić information content (AvgIpc) is 2.79. The summed E-state index contributed by atoms with van der Waals surface area (Å²) in [5, 5.41) is 7.20. The molecule has 0 spiro atoms. The number of nitrogens with zero attached hydrogens (tertiary/aromatic N) is 3. The normalized spacial score (nSPS) is 10.7. The molecule has 2 aromatic heterocycles. The summed E-state index contributed by atoms with van der Waals surface area (Å²) in [4.78, 5) is 8.41. The minimum Gasteiger partial charge on any atom is -0.339 e. The summed E-state index contributed by atoms with van der Waals surface area (Å²) in [6, 6.07) is 1.90. The summed E-state index contributed by atoms with van der Waals surface area (Å²) in [6.07, 6.45) is 4.28. The maximum absolute atomic E-state index is 5.20. The van der Waals surface area contributed by atoms with Gasteiger partial charge in [-0.25, -0.2) is 0 Å². The molecule has 0 aromatic carbocycles. The molecule has 1 N–H and O–H groups in total. The number of hydrogen-bond donors (Lipinski definition) is 1. The van der Waals surface area contributed by atoms with Crippen LogP contribution in [0.2, 0.25) is 0 Å². The second kappa shape index (κ2) is 5.54. The van der Waals surface area contributed by atoms with E-state index in [2.05, 4.69) is 27.4 Å². The predicted octanol–water partition coefficient (Wildman–Crippen LogP) is 1.59. The third kappa shape index (κ3) is 2.88. The van der Waals surface area contributed by atoms with E-state index in [-0.39, 0.29) is 0 Å². The number of aromatic nitrogens is 3. The lowest BCUT2D eigenvalue weighted by molar-refractivity contribution is 0.377. The minimum absolute atomic E-state index is 0.636. The topological polar surface area (TPSA) is 63.8 Å². The van der Waals surface area contributed by atoms with Crippen LogP contribution in [-0.2, 0) is 6.42 Å². The third-order valence-electron chi connectivity index (χ3n) is 2.49. The van der Waals surface area contributed by atoms with Gasteiger partial charge in [0.1, 0.15) is 0 Å². The Morgan fingerprint density at radius 2 is 2.29 bits per heavy atom. The summed E-state index contributed by atoms with van der Waals surface area (Å²) >= 11 is 0. The number of pyridine rings is 1. The molecule has 5 nitrogen and oxygen atoms in total. The van der Waals surface area contributed by atoms with Gasteiger partial charge in [-0.1, -0.05) is 12.1 Å². The van der Waals surface area contributed by atoms with Crippen LogP contribution in [0.5, 0.6) is 0 Å². The summed E-state index contributed by atoms with van der Waals surface area (Å²) < 4.78 is 5.20. The Labute approximate surface area is 100 Å². The van der Waals surface area contributed by atoms with Crippen molar-refractivity contribution < 1.29 is 4.52 Å². The molecule has 2 aromatic rings. The zero-order chi connectivity index (χ0) is 12.1. The van der Waals surface area contributed by atoms with Crippen molar-refractivity contribution in [1.29, 1.82) is 0 Å². The Hall–Kier alpha value is -1.75. The van der Waals surface area contributed by atoms with Crippen molar-refractivity contribution in [2.75, 3.05) is 13.1 Å². The minimum atomic E-state index is 0.636. The summed E-state index contributed by atoms with van der Waals surface area (Å²) in [5.74, 6) is 1.30.